The van der Waals surface area contributed by atoms with Crippen molar-refractivity contribution in [1.82, 2.24) is 5.32 Å². The smallest absolute Gasteiger partial charge is 0.251 e. The average Bonchev–Trinajstić information content (AvgIpc) is 2.95. The first-order valence-corrected chi connectivity index (χ1v) is 7.29. The molecule has 1 amide bonds. The van der Waals surface area contributed by atoms with Gasteiger partial charge in [-0.15, -0.1) is 0 Å². The highest BCUT2D eigenvalue weighted by atomic mass is 19.2. The zero-order valence-electron chi connectivity index (χ0n) is 13.2. The Labute approximate surface area is 137 Å². The van der Waals surface area contributed by atoms with E-state index in [1.165, 1.54) is 19.2 Å². The van der Waals surface area contributed by atoms with Crippen molar-refractivity contribution in [1.29, 1.82) is 0 Å². The van der Waals surface area contributed by atoms with Gasteiger partial charge < -0.3 is 14.5 Å². The van der Waals surface area contributed by atoms with Crippen LogP contribution >= 0.6 is 0 Å². The Morgan fingerprint density at radius 1 is 1.17 bits per heavy atom. The van der Waals surface area contributed by atoms with Crippen molar-refractivity contribution >= 4 is 16.9 Å². The van der Waals surface area contributed by atoms with Gasteiger partial charge in [-0.3, -0.25) is 4.79 Å². The van der Waals surface area contributed by atoms with Crippen molar-refractivity contribution in [2.45, 2.75) is 13.5 Å². The van der Waals surface area contributed by atoms with E-state index in [1.54, 1.807) is 18.2 Å². The molecule has 6 heteroatoms. The Kier molecular flexibility index (Phi) is 4.20. The fourth-order valence-corrected chi connectivity index (χ4v) is 2.46. The normalized spacial score (nSPS) is 10.8. The van der Waals surface area contributed by atoms with E-state index in [-0.39, 0.29) is 23.8 Å². The highest BCUT2D eigenvalue weighted by Gasteiger charge is 2.15. The highest BCUT2D eigenvalue weighted by molar-refractivity contribution is 5.97. The maximum Gasteiger partial charge on any atom is 0.251 e. The van der Waals surface area contributed by atoms with E-state index in [4.69, 9.17) is 9.15 Å². The molecule has 0 fully saturated rings. The fourth-order valence-electron chi connectivity index (χ4n) is 2.46. The third-order valence-electron chi connectivity index (χ3n) is 3.69. The molecule has 124 valence electrons. The molecule has 4 nitrogen and oxygen atoms in total. The molecule has 3 aromatic rings. The first-order chi connectivity index (χ1) is 11.5. The van der Waals surface area contributed by atoms with Crippen LogP contribution < -0.4 is 10.1 Å². The summed E-state index contributed by atoms with van der Waals surface area (Å²) in [7, 11) is 1.26. The number of nitrogens with one attached hydrogen (secondary N) is 1. The lowest BCUT2D eigenvalue weighted by Gasteiger charge is -2.09. The van der Waals surface area contributed by atoms with Gasteiger partial charge in [-0.1, -0.05) is 6.07 Å². The molecule has 24 heavy (non-hydrogen) atoms. The van der Waals surface area contributed by atoms with Gasteiger partial charge in [-0.25, -0.2) is 4.39 Å². The zero-order valence-corrected chi connectivity index (χ0v) is 13.2. The van der Waals surface area contributed by atoms with Gasteiger partial charge in [0.25, 0.3) is 5.91 Å². The summed E-state index contributed by atoms with van der Waals surface area (Å²) < 4.78 is 37.7. The Morgan fingerprint density at radius 3 is 2.71 bits per heavy atom. The quantitative estimate of drug-likeness (QED) is 0.787. The number of amides is 1. The van der Waals surface area contributed by atoms with Gasteiger partial charge in [0.15, 0.2) is 11.6 Å². The first-order valence-electron chi connectivity index (χ1n) is 7.29. The predicted molar refractivity (Wildman–Crippen MR) is 85.0 cm³/mol. The Morgan fingerprint density at radius 2 is 1.96 bits per heavy atom. The zero-order chi connectivity index (χ0) is 17.3. The molecule has 1 heterocycles. The number of carbonyl (C=O) groups is 1. The van der Waals surface area contributed by atoms with Crippen LogP contribution in [0.25, 0.3) is 11.0 Å². The Hall–Kier alpha value is -2.89. The number of hydrogen-bond acceptors (Lipinski definition) is 3. The maximum absolute atomic E-state index is 13.9. The van der Waals surface area contributed by atoms with E-state index in [0.717, 1.165) is 11.1 Å². The number of halogens is 2. The summed E-state index contributed by atoms with van der Waals surface area (Å²) in [5.41, 5.74) is 1.15. The lowest BCUT2D eigenvalue weighted by molar-refractivity contribution is 0.0950. The van der Waals surface area contributed by atoms with Crippen LogP contribution in [0.15, 0.2) is 40.8 Å². The molecule has 0 aliphatic carbocycles. The molecule has 0 bridgehead atoms. The first kappa shape index (κ1) is 16.0. The molecule has 0 atom stereocenters. The number of aryl methyl sites for hydroxylation is 1. The third kappa shape index (κ3) is 2.95. The minimum atomic E-state index is -1.07. The molecule has 0 unspecified atom stereocenters. The van der Waals surface area contributed by atoms with Gasteiger partial charge in [0.05, 0.1) is 7.11 Å². The van der Waals surface area contributed by atoms with Crippen LogP contribution in [0, 0.1) is 18.6 Å². The largest absolute Gasteiger partial charge is 0.494 e. The summed E-state index contributed by atoms with van der Waals surface area (Å²) in [6.45, 7) is 1.69. The van der Waals surface area contributed by atoms with E-state index in [9.17, 15) is 13.6 Å². The number of rotatable bonds is 4. The van der Waals surface area contributed by atoms with Crippen LogP contribution in [0.5, 0.6) is 5.75 Å². The van der Waals surface area contributed by atoms with Gasteiger partial charge in [0.2, 0.25) is 5.82 Å². The molecule has 1 N–H and O–H groups in total. The fraction of sp³-hybridized carbons (Fsp3) is 0.167. The third-order valence-corrected chi connectivity index (χ3v) is 3.69. The van der Waals surface area contributed by atoms with Crippen LogP contribution in [0.2, 0.25) is 0 Å². The van der Waals surface area contributed by atoms with E-state index >= 15 is 0 Å². The second kappa shape index (κ2) is 6.31. The number of benzene rings is 2. The monoisotopic (exact) mass is 331 g/mol. The molecule has 0 radical (unpaired) electrons. The molecule has 0 saturated heterocycles. The van der Waals surface area contributed by atoms with Crippen molar-refractivity contribution in [2.75, 3.05) is 7.11 Å². The predicted octanol–water partition coefficient (Wildman–Crippen LogP) is 3.96. The Bertz CT molecular complexity index is 918. The molecule has 0 aliphatic heterocycles. The second-order valence-electron chi connectivity index (χ2n) is 5.35. The number of fused-ring (bicyclic) bond motifs is 1. The highest BCUT2D eigenvalue weighted by Crippen LogP contribution is 2.23. The van der Waals surface area contributed by atoms with Crippen LogP contribution in [-0.4, -0.2) is 13.0 Å². The number of ether oxygens (including phenoxy) is 1. The summed E-state index contributed by atoms with van der Waals surface area (Å²) in [6.07, 6.45) is 0. The van der Waals surface area contributed by atoms with Gasteiger partial charge in [-0.05, 0) is 37.3 Å². The van der Waals surface area contributed by atoms with Crippen LogP contribution in [0.3, 0.4) is 0 Å². The summed E-state index contributed by atoms with van der Waals surface area (Å²) in [5.74, 6) is -1.91. The molecular weight excluding hydrogens is 316 g/mol. The molecule has 0 spiro atoms. The van der Waals surface area contributed by atoms with Crippen molar-refractivity contribution in [3.05, 3.63) is 64.9 Å². The van der Waals surface area contributed by atoms with Crippen LogP contribution in [-0.2, 0) is 6.54 Å². The second-order valence-corrected chi connectivity index (χ2v) is 5.35. The average molecular weight is 331 g/mol. The minimum Gasteiger partial charge on any atom is -0.494 e. The van der Waals surface area contributed by atoms with E-state index in [0.29, 0.717) is 11.1 Å². The lowest BCUT2D eigenvalue weighted by atomic mass is 10.1. The van der Waals surface area contributed by atoms with Gasteiger partial charge in [-0.2, -0.15) is 4.39 Å². The summed E-state index contributed by atoms with van der Waals surface area (Å²) >= 11 is 0. The number of carbonyl (C=O) groups excluding carboxylic acids is 1. The SMILES string of the molecule is COc1ccc(CNC(=O)c2ccc3oc(C)cc3c2)c(F)c1F. The van der Waals surface area contributed by atoms with Gasteiger partial charge in [0.1, 0.15) is 11.3 Å². The van der Waals surface area contributed by atoms with E-state index in [1.807, 2.05) is 13.0 Å². The lowest BCUT2D eigenvalue weighted by Crippen LogP contribution is -2.23. The van der Waals surface area contributed by atoms with Crippen LogP contribution in [0.1, 0.15) is 21.7 Å². The molecule has 2 aromatic carbocycles. The topological polar surface area (TPSA) is 51.5 Å². The number of methoxy groups -OCH3 is 1. The molecular formula is C18H15F2NO3. The van der Waals surface area contributed by atoms with Gasteiger partial charge >= 0.3 is 0 Å². The molecule has 1 aromatic heterocycles. The van der Waals surface area contributed by atoms with E-state index in [2.05, 4.69) is 5.32 Å². The van der Waals surface area contributed by atoms with Crippen molar-refractivity contribution in [3.8, 4) is 5.75 Å². The number of hydrogen-bond donors (Lipinski definition) is 1. The van der Waals surface area contributed by atoms with Gasteiger partial charge in [0, 0.05) is 23.1 Å². The summed E-state index contributed by atoms with van der Waals surface area (Å²) in [5, 5.41) is 3.38. The number of furan rings is 1. The van der Waals surface area contributed by atoms with E-state index < -0.39 is 11.6 Å². The summed E-state index contributed by atoms with van der Waals surface area (Å²) in [6, 6.07) is 9.52. The minimum absolute atomic E-state index is 0.0434. The standard InChI is InChI=1S/C18H15F2NO3/c1-10-7-13-8-11(3-5-14(13)24-10)18(22)21-9-12-4-6-15(23-2)17(20)16(12)19/h3-8H,9H2,1-2H3,(H,21,22). The maximum atomic E-state index is 13.9. The van der Waals surface area contributed by atoms with Crippen molar-refractivity contribution < 1.29 is 22.7 Å². The summed E-state index contributed by atoms with van der Waals surface area (Å²) in [4.78, 5) is 12.2. The molecule has 0 aliphatic rings. The van der Waals surface area contributed by atoms with Crippen molar-refractivity contribution in [2.24, 2.45) is 0 Å². The molecule has 3 rings (SSSR count). The Balaban J connectivity index is 1.76. The van der Waals surface area contributed by atoms with Crippen molar-refractivity contribution in [3.63, 3.8) is 0 Å². The van der Waals surface area contributed by atoms with Crippen LogP contribution in [0.4, 0.5) is 8.78 Å². The molecule has 0 saturated carbocycles.